The average molecular weight is 527 g/mol. The van der Waals surface area contributed by atoms with Crippen molar-refractivity contribution in [3.63, 3.8) is 0 Å². The van der Waals surface area contributed by atoms with Gasteiger partial charge in [-0.15, -0.1) is 0 Å². The summed E-state index contributed by atoms with van der Waals surface area (Å²) < 4.78 is 35.9. The van der Waals surface area contributed by atoms with Crippen LogP contribution in [0, 0.1) is 24.5 Å². The molecule has 5 nitrogen and oxygen atoms in total. The Bertz CT molecular complexity index is 1060. The molecule has 0 fully saturated rings. The molecule has 2 heterocycles. The molecule has 1 N–H and O–H groups in total. The number of ether oxygens (including phenoxy) is 1. The summed E-state index contributed by atoms with van der Waals surface area (Å²) in [7, 11) is 0. The molecule has 3 aromatic rings. The fraction of sp³-hybridized carbons (Fsp3) is 0.440. The SMILES string of the molecule is C.C.CCCC[C@H](CO)CC(=O)c1c(C)nc2c(OCc3c(F)cccc3F)cc(Br)cn12. The molecule has 1 atom stereocenters. The van der Waals surface area contributed by atoms with Gasteiger partial charge >= 0.3 is 0 Å². The van der Waals surface area contributed by atoms with Crippen LogP contribution in [0.5, 0.6) is 5.75 Å². The zero-order chi connectivity index (χ0) is 22.5. The maximum absolute atomic E-state index is 13.9. The Morgan fingerprint density at radius 2 is 1.94 bits per heavy atom. The highest BCUT2D eigenvalue weighted by Crippen LogP contribution is 2.29. The molecule has 0 radical (unpaired) electrons. The van der Waals surface area contributed by atoms with Crippen LogP contribution in [0.25, 0.3) is 5.65 Å². The number of carbonyl (C=O) groups is 1. The lowest BCUT2D eigenvalue weighted by Crippen LogP contribution is -2.15. The van der Waals surface area contributed by atoms with Crippen molar-refractivity contribution in [3.05, 3.63) is 63.5 Å². The molecule has 3 rings (SSSR count). The Morgan fingerprint density at radius 3 is 2.55 bits per heavy atom. The predicted octanol–water partition coefficient (Wildman–Crippen LogP) is 6.91. The van der Waals surface area contributed by atoms with Crippen molar-refractivity contribution in [2.75, 3.05) is 6.61 Å². The van der Waals surface area contributed by atoms with E-state index in [4.69, 9.17) is 4.74 Å². The molecule has 8 heteroatoms. The Balaban J connectivity index is 0.00000272. The van der Waals surface area contributed by atoms with Crippen LogP contribution < -0.4 is 4.74 Å². The summed E-state index contributed by atoms with van der Waals surface area (Å²) in [6.07, 6.45) is 4.64. The molecule has 0 unspecified atom stereocenters. The number of aromatic nitrogens is 2. The number of carbonyl (C=O) groups excluding carboxylic acids is 1. The summed E-state index contributed by atoms with van der Waals surface area (Å²) in [5, 5.41) is 9.63. The van der Waals surface area contributed by atoms with Crippen molar-refractivity contribution in [2.45, 2.75) is 61.0 Å². The predicted molar refractivity (Wildman–Crippen MR) is 131 cm³/mol. The van der Waals surface area contributed by atoms with Crippen molar-refractivity contribution in [1.82, 2.24) is 9.38 Å². The number of rotatable bonds is 10. The van der Waals surface area contributed by atoms with E-state index in [0.29, 0.717) is 27.3 Å². The molecule has 0 bridgehead atoms. The molecular weight excluding hydrogens is 494 g/mol. The summed E-state index contributed by atoms with van der Waals surface area (Å²) in [6.45, 7) is 3.43. The van der Waals surface area contributed by atoms with E-state index in [2.05, 4.69) is 27.8 Å². The van der Waals surface area contributed by atoms with E-state index in [1.54, 1.807) is 23.6 Å². The first-order chi connectivity index (χ1) is 14.8. The third kappa shape index (κ3) is 6.60. The van der Waals surface area contributed by atoms with Crippen molar-refractivity contribution in [3.8, 4) is 5.75 Å². The van der Waals surface area contributed by atoms with Gasteiger partial charge in [0.05, 0.1) is 11.3 Å². The molecule has 0 aliphatic rings. The Kier molecular flexibility index (Phi) is 11.1. The molecule has 182 valence electrons. The van der Waals surface area contributed by atoms with E-state index in [1.165, 1.54) is 18.2 Å². The highest BCUT2D eigenvalue weighted by atomic mass is 79.9. The van der Waals surface area contributed by atoms with Gasteiger partial charge in [-0.25, -0.2) is 13.8 Å². The lowest BCUT2D eigenvalue weighted by molar-refractivity contribution is 0.0923. The number of aryl methyl sites for hydroxylation is 1. The largest absolute Gasteiger partial charge is 0.485 e. The van der Waals surface area contributed by atoms with Gasteiger partial charge in [-0.1, -0.05) is 40.7 Å². The first kappa shape index (κ1) is 28.7. The van der Waals surface area contributed by atoms with Crippen molar-refractivity contribution in [1.29, 1.82) is 0 Å². The standard InChI is InChI=1S/C23H25BrF2N2O3.2CH4/c1-3-4-6-15(12-29)9-20(30)22-14(2)27-23-21(10-16(24)11-28(22)23)31-13-17-18(25)7-5-8-19(17)26;;/h5,7-8,10-11,15,29H,3-4,6,9,12-13H2,1-2H3;2*1H4/t15-;;/m0../s1. The zero-order valence-corrected chi connectivity index (χ0v) is 19.1. The maximum atomic E-state index is 13.9. The van der Waals surface area contributed by atoms with E-state index in [1.807, 2.05) is 0 Å². The van der Waals surface area contributed by atoms with Gasteiger partial charge in [0.1, 0.15) is 23.9 Å². The topological polar surface area (TPSA) is 63.8 Å². The molecule has 0 amide bonds. The Morgan fingerprint density at radius 1 is 1.27 bits per heavy atom. The number of hydrogen-bond donors (Lipinski definition) is 1. The van der Waals surface area contributed by atoms with Gasteiger partial charge in [0, 0.05) is 23.7 Å². The number of Topliss-reactive ketones (excluding diaryl/α,β-unsaturated/α-hetero) is 1. The number of aliphatic hydroxyl groups excluding tert-OH is 1. The monoisotopic (exact) mass is 526 g/mol. The minimum absolute atomic E-state index is 0. The van der Waals surface area contributed by atoms with Crippen LogP contribution in [-0.4, -0.2) is 26.9 Å². The fourth-order valence-electron chi connectivity index (χ4n) is 3.57. The molecule has 0 saturated heterocycles. The number of benzene rings is 1. The molecule has 33 heavy (non-hydrogen) atoms. The number of ketones is 1. The van der Waals surface area contributed by atoms with E-state index in [-0.39, 0.29) is 51.8 Å². The molecular formula is C25H33BrF2N2O3. The highest BCUT2D eigenvalue weighted by molar-refractivity contribution is 9.10. The average Bonchev–Trinajstić information content (AvgIpc) is 3.06. The van der Waals surface area contributed by atoms with Crippen LogP contribution in [0.2, 0.25) is 0 Å². The number of unbranched alkanes of at least 4 members (excludes halogenated alkanes) is 1. The molecule has 1 aromatic carbocycles. The van der Waals surface area contributed by atoms with Gasteiger partial charge in [0.2, 0.25) is 0 Å². The summed E-state index contributed by atoms with van der Waals surface area (Å²) in [4.78, 5) is 17.5. The van der Waals surface area contributed by atoms with Gasteiger partial charge in [-0.3, -0.25) is 9.20 Å². The van der Waals surface area contributed by atoms with Crippen LogP contribution in [0.1, 0.15) is 69.2 Å². The first-order valence-electron chi connectivity index (χ1n) is 10.2. The van der Waals surface area contributed by atoms with Gasteiger partial charge in [0.25, 0.3) is 0 Å². The van der Waals surface area contributed by atoms with E-state index in [9.17, 15) is 18.7 Å². The number of pyridine rings is 1. The number of imidazole rings is 1. The third-order valence-corrected chi connectivity index (χ3v) is 5.66. The summed E-state index contributed by atoms with van der Waals surface area (Å²) in [6, 6.07) is 5.28. The summed E-state index contributed by atoms with van der Waals surface area (Å²) in [5.41, 5.74) is 1.14. The van der Waals surface area contributed by atoms with Crippen LogP contribution >= 0.6 is 15.9 Å². The van der Waals surface area contributed by atoms with E-state index in [0.717, 1.165) is 19.3 Å². The first-order valence-corrected chi connectivity index (χ1v) is 11.0. The molecule has 0 aliphatic carbocycles. The number of fused-ring (bicyclic) bond motifs is 1. The molecule has 2 aromatic heterocycles. The second-order valence-corrected chi connectivity index (χ2v) is 8.48. The number of nitrogens with zero attached hydrogens (tertiary/aromatic N) is 2. The Hall–Kier alpha value is -2.32. The van der Waals surface area contributed by atoms with Crippen LogP contribution in [0.3, 0.4) is 0 Å². The molecule has 0 aliphatic heterocycles. The minimum Gasteiger partial charge on any atom is -0.485 e. The zero-order valence-electron chi connectivity index (χ0n) is 17.5. The van der Waals surface area contributed by atoms with Crippen molar-refractivity contribution < 1.29 is 23.4 Å². The van der Waals surface area contributed by atoms with Crippen molar-refractivity contribution >= 4 is 27.4 Å². The summed E-state index contributed by atoms with van der Waals surface area (Å²) >= 11 is 3.40. The third-order valence-electron chi connectivity index (χ3n) is 5.22. The van der Waals surface area contributed by atoms with Crippen LogP contribution in [-0.2, 0) is 6.61 Å². The van der Waals surface area contributed by atoms with Crippen LogP contribution in [0.4, 0.5) is 8.78 Å². The van der Waals surface area contributed by atoms with Gasteiger partial charge in [-0.2, -0.15) is 0 Å². The lowest BCUT2D eigenvalue weighted by Gasteiger charge is -2.13. The fourth-order valence-corrected chi connectivity index (χ4v) is 3.98. The highest BCUT2D eigenvalue weighted by Gasteiger charge is 2.23. The van der Waals surface area contributed by atoms with E-state index >= 15 is 0 Å². The lowest BCUT2D eigenvalue weighted by atomic mass is 9.95. The van der Waals surface area contributed by atoms with Gasteiger partial charge in [-0.05, 0) is 53.4 Å². The number of hydrogen-bond acceptors (Lipinski definition) is 4. The molecule has 0 spiro atoms. The van der Waals surface area contributed by atoms with Crippen molar-refractivity contribution in [2.24, 2.45) is 5.92 Å². The minimum atomic E-state index is -0.691. The quantitative estimate of drug-likeness (QED) is 0.291. The number of aliphatic hydroxyl groups is 1. The summed E-state index contributed by atoms with van der Waals surface area (Å²) in [5.74, 6) is -1.32. The van der Waals surface area contributed by atoms with Gasteiger partial charge in [0.15, 0.2) is 17.2 Å². The molecule has 0 saturated carbocycles. The second-order valence-electron chi connectivity index (χ2n) is 7.57. The Labute approximate surface area is 202 Å². The maximum Gasteiger partial charge on any atom is 0.181 e. The van der Waals surface area contributed by atoms with Crippen LogP contribution in [0.15, 0.2) is 34.9 Å². The van der Waals surface area contributed by atoms with E-state index < -0.39 is 11.6 Å². The second kappa shape index (κ2) is 12.8. The number of halogens is 3. The smallest absolute Gasteiger partial charge is 0.181 e. The van der Waals surface area contributed by atoms with Gasteiger partial charge < -0.3 is 9.84 Å². The normalized spacial score (nSPS) is 11.6.